The number of likely N-dealkylation sites (tertiary alicyclic amines) is 1. The maximum atomic E-state index is 12.8. The van der Waals surface area contributed by atoms with Gasteiger partial charge in [-0.25, -0.2) is 14.8 Å². The normalized spacial score (nSPS) is 16.4. The van der Waals surface area contributed by atoms with Gasteiger partial charge in [0.2, 0.25) is 5.91 Å². The van der Waals surface area contributed by atoms with Crippen LogP contribution in [0.15, 0.2) is 23.0 Å². The lowest BCUT2D eigenvalue weighted by molar-refractivity contribution is -0.121. The Morgan fingerprint density at radius 3 is 2.86 bits per heavy atom. The minimum atomic E-state index is -0.489. The summed E-state index contributed by atoms with van der Waals surface area (Å²) >= 11 is 1.15. The van der Waals surface area contributed by atoms with Gasteiger partial charge in [0.1, 0.15) is 28.0 Å². The zero-order valence-corrected chi connectivity index (χ0v) is 20.9. The molecule has 3 aromatic heterocycles. The lowest BCUT2D eigenvalue weighted by atomic mass is 9.97. The van der Waals surface area contributed by atoms with Crippen LogP contribution in [-0.4, -0.2) is 65.1 Å². The second kappa shape index (κ2) is 11.1. The maximum Gasteiger partial charge on any atom is 0.348 e. The Balaban J connectivity index is 1.45. The molecule has 186 valence electrons. The van der Waals surface area contributed by atoms with E-state index in [-0.39, 0.29) is 24.0 Å². The Morgan fingerprint density at radius 2 is 2.09 bits per heavy atom. The van der Waals surface area contributed by atoms with Crippen molar-refractivity contribution in [3.63, 3.8) is 0 Å². The molecule has 0 radical (unpaired) electrons. The molecule has 1 atom stereocenters. The number of thiophene rings is 1. The number of fused-ring (bicyclic) bond motifs is 1. The number of piperidine rings is 1. The summed E-state index contributed by atoms with van der Waals surface area (Å²) in [5, 5.41) is 3.31. The number of hydrogen-bond donors (Lipinski definition) is 2. The Hall–Kier alpha value is -3.15. The van der Waals surface area contributed by atoms with Crippen LogP contribution in [0.2, 0.25) is 0 Å². The van der Waals surface area contributed by atoms with Crippen molar-refractivity contribution in [1.82, 2.24) is 19.9 Å². The van der Waals surface area contributed by atoms with Crippen LogP contribution in [0.1, 0.15) is 39.6 Å². The first kappa shape index (κ1) is 25.0. The number of carbonyl (C=O) groups is 2. The van der Waals surface area contributed by atoms with Crippen molar-refractivity contribution in [2.24, 2.45) is 5.92 Å². The van der Waals surface area contributed by atoms with Crippen molar-refractivity contribution >= 4 is 39.2 Å². The van der Waals surface area contributed by atoms with Gasteiger partial charge in [0.05, 0.1) is 24.5 Å². The molecule has 1 unspecified atom stereocenters. The summed E-state index contributed by atoms with van der Waals surface area (Å²) in [7, 11) is 1.53. The summed E-state index contributed by atoms with van der Waals surface area (Å²) < 4.78 is 10.1. The third-order valence-electron chi connectivity index (χ3n) is 5.94. The van der Waals surface area contributed by atoms with E-state index in [1.165, 1.54) is 7.11 Å². The van der Waals surface area contributed by atoms with Crippen LogP contribution >= 0.6 is 11.3 Å². The molecule has 0 aromatic carbocycles. The summed E-state index contributed by atoms with van der Waals surface area (Å²) in [4.78, 5) is 52.8. The van der Waals surface area contributed by atoms with Crippen LogP contribution in [0.25, 0.3) is 10.2 Å². The number of hydrogen-bond acceptors (Lipinski definition) is 9. The molecule has 0 spiro atoms. The van der Waals surface area contributed by atoms with Gasteiger partial charge in [0.15, 0.2) is 0 Å². The number of pyridine rings is 1. The van der Waals surface area contributed by atoms with Gasteiger partial charge in [-0.2, -0.15) is 0 Å². The number of aromatic amines is 1. The van der Waals surface area contributed by atoms with Crippen LogP contribution in [-0.2, 0) is 20.8 Å². The van der Waals surface area contributed by atoms with Crippen molar-refractivity contribution in [1.29, 1.82) is 0 Å². The number of amides is 1. The highest BCUT2D eigenvalue weighted by Gasteiger charge is 2.27. The summed E-state index contributed by atoms with van der Waals surface area (Å²) in [6, 6.07) is 5.52. The first-order valence-corrected chi connectivity index (χ1v) is 12.3. The number of anilines is 1. The zero-order valence-electron chi connectivity index (χ0n) is 20.1. The van der Waals surface area contributed by atoms with Gasteiger partial charge < -0.3 is 19.8 Å². The highest BCUT2D eigenvalue weighted by Crippen LogP contribution is 2.28. The van der Waals surface area contributed by atoms with Crippen LogP contribution in [0.5, 0.6) is 0 Å². The van der Waals surface area contributed by atoms with Crippen LogP contribution in [0.4, 0.5) is 5.82 Å². The standard InChI is InChI=1S/C24H29N5O5S/c1-14-6-4-8-17(25-14)26-21(30)16-7-5-9-29(12-16)13-18-27-22(31)19-15(2)20(35-23(19)28-18)24(32)34-11-10-33-3/h4,6,8,16H,5,7,9-13H2,1-3H3,(H,25,26,30)(H,27,28,31). The smallest absolute Gasteiger partial charge is 0.348 e. The van der Waals surface area contributed by atoms with Gasteiger partial charge >= 0.3 is 5.97 Å². The predicted molar refractivity (Wildman–Crippen MR) is 133 cm³/mol. The average molecular weight is 500 g/mol. The second-order valence-electron chi connectivity index (χ2n) is 8.61. The van der Waals surface area contributed by atoms with E-state index < -0.39 is 5.97 Å². The van der Waals surface area contributed by atoms with Gasteiger partial charge in [-0.1, -0.05) is 6.07 Å². The maximum absolute atomic E-state index is 12.8. The number of esters is 1. The molecule has 1 amide bonds. The predicted octanol–water partition coefficient (Wildman–Crippen LogP) is 2.65. The fourth-order valence-electron chi connectivity index (χ4n) is 4.21. The van der Waals surface area contributed by atoms with Crippen LogP contribution in [0.3, 0.4) is 0 Å². The quantitative estimate of drug-likeness (QED) is 0.358. The molecule has 4 heterocycles. The van der Waals surface area contributed by atoms with Crippen molar-refractivity contribution in [3.05, 3.63) is 50.5 Å². The number of methoxy groups -OCH3 is 1. The average Bonchev–Trinajstić information content (AvgIpc) is 3.16. The van der Waals surface area contributed by atoms with Gasteiger partial charge in [-0.05, 0) is 50.9 Å². The SMILES string of the molecule is COCCOC(=O)c1sc2nc(CN3CCCC(C(=O)Nc4cccc(C)n4)C3)[nH]c(=O)c2c1C. The van der Waals surface area contributed by atoms with Gasteiger partial charge in [-0.3, -0.25) is 14.5 Å². The van der Waals surface area contributed by atoms with E-state index in [0.29, 0.717) is 52.0 Å². The van der Waals surface area contributed by atoms with E-state index >= 15 is 0 Å². The van der Waals surface area contributed by atoms with E-state index in [1.54, 1.807) is 13.0 Å². The van der Waals surface area contributed by atoms with Crippen molar-refractivity contribution in [2.75, 3.05) is 38.7 Å². The molecule has 4 rings (SSSR count). The molecule has 0 saturated carbocycles. The molecule has 0 bridgehead atoms. The van der Waals surface area contributed by atoms with Crippen molar-refractivity contribution in [2.45, 2.75) is 33.2 Å². The minimum absolute atomic E-state index is 0.0600. The van der Waals surface area contributed by atoms with E-state index in [2.05, 4.69) is 25.2 Å². The molecule has 0 aliphatic carbocycles. The molecular weight excluding hydrogens is 470 g/mol. The zero-order chi connectivity index (χ0) is 24.9. The molecular formula is C24H29N5O5S. The number of aryl methyl sites for hydroxylation is 2. The first-order chi connectivity index (χ1) is 16.9. The van der Waals surface area contributed by atoms with Crippen LogP contribution in [0, 0.1) is 19.8 Å². The highest BCUT2D eigenvalue weighted by atomic mass is 32.1. The Labute approximate surface area is 206 Å². The molecule has 3 aromatic rings. The Morgan fingerprint density at radius 1 is 1.26 bits per heavy atom. The summed E-state index contributed by atoms with van der Waals surface area (Å²) in [6.45, 7) is 5.80. The van der Waals surface area contributed by atoms with E-state index in [9.17, 15) is 14.4 Å². The largest absolute Gasteiger partial charge is 0.459 e. The molecule has 11 heteroatoms. The highest BCUT2D eigenvalue weighted by molar-refractivity contribution is 7.20. The fraction of sp³-hybridized carbons (Fsp3) is 0.458. The summed E-state index contributed by atoms with van der Waals surface area (Å²) in [5.74, 6) is 0.323. The molecule has 1 aliphatic heterocycles. The Kier molecular flexibility index (Phi) is 7.89. The molecule has 1 saturated heterocycles. The van der Waals surface area contributed by atoms with Gasteiger partial charge in [-0.15, -0.1) is 11.3 Å². The third kappa shape index (κ3) is 5.92. The van der Waals surface area contributed by atoms with E-state index in [1.807, 2.05) is 19.1 Å². The topological polar surface area (TPSA) is 127 Å². The number of aromatic nitrogens is 3. The number of nitrogens with zero attached hydrogens (tertiary/aromatic N) is 3. The molecule has 2 N–H and O–H groups in total. The molecule has 1 aliphatic rings. The van der Waals surface area contributed by atoms with Gasteiger partial charge in [0.25, 0.3) is 5.56 Å². The Bertz CT molecular complexity index is 1290. The van der Waals surface area contributed by atoms with Gasteiger partial charge in [0, 0.05) is 19.3 Å². The number of carbonyl (C=O) groups excluding carboxylic acids is 2. The molecule has 1 fully saturated rings. The number of ether oxygens (including phenoxy) is 2. The fourth-order valence-corrected chi connectivity index (χ4v) is 5.30. The van der Waals surface area contributed by atoms with E-state index in [0.717, 1.165) is 36.4 Å². The molecule has 35 heavy (non-hydrogen) atoms. The molecule has 10 nitrogen and oxygen atoms in total. The van der Waals surface area contributed by atoms with E-state index in [4.69, 9.17) is 9.47 Å². The third-order valence-corrected chi connectivity index (χ3v) is 7.11. The first-order valence-electron chi connectivity index (χ1n) is 11.5. The van der Waals surface area contributed by atoms with Crippen LogP contribution < -0.4 is 10.9 Å². The van der Waals surface area contributed by atoms with Crippen molar-refractivity contribution in [3.8, 4) is 0 Å². The monoisotopic (exact) mass is 499 g/mol. The number of rotatable bonds is 8. The van der Waals surface area contributed by atoms with Crippen molar-refractivity contribution < 1.29 is 19.1 Å². The second-order valence-corrected chi connectivity index (χ2v) is 9.60. The minimum Gasteiger partial charge on any atom is -0.459 e. The lowest BCUT2D eigenvalue weighted by Gasteiger charge is -2.31. The summed E-state index contributed by atoms with van der Waals surface area (Å²) in [6.07, 6.45) is 1.65. The number of nitrogens with one attached hydrogen (secondary N) is 2. The number of H-pyrrole nitrogens is 1. The summed E-state index contributed by atoms with van der Waals surface area (Å²) in [5.41, 5.74) is 1.12. The lowest BCUT2D eigenvalue weighted by Crippen LogP contribution is -2.40.